The number of fused-ring (bicyclic) bond motifs is 2. The molecule has 0 spiro atoms. The van der Waals surface area contributed by atoms with Crippen LogP contribution in [0.1, 0.15) is 79.1 Å². The van der Waals surface area contributed by atoms with Gasteiger partial charge in [0.2, 0.25) is 0 Å². The molecule has 3 aromatic carbocycles. The van der Waals surface area contributed by atoms with Gasteiger partial charge >= 0.3 is 0 Å². The molecule has 0 saturated carbocycles. The van der Waals surface area contributed by atoms with Crippen molar-refractivity contribution in [3.63, 3.8) is 0 Å². The Labute approximate surface area is 209 Å². The topological polar surface area (TPSA) is 18.5 Å². The summed E-state index contributed by atoms with van der Waals surface area (Å²) in [7, 11) is 0. The Bertz CT molecular complexity index is 1010. The standard InChI is InChI=1S/C30H41BrO2/c1-5-9-13-22(7-3)20-32-29-25-15-11-12-16-26(25)30(28-19-24(31)17-18-27(28)29)33-21-23(8-4)14-10-6-2/h11-12,15-19,22-23H,5-10,13-14,20-21H2,1-4H3. The van der Waals surface area contributed by atoms with Gasteiger partial charge in [0.05, 0.1) is 13.2 Å². The first-order chi connectivity index (χ1) is 16.1. The predicted molar refractivity (Wildman–Crippen MR) is 147 cm³/mol. The number of hydrogen-bond donors (Lipinski definition) is 0. The third-order valence-corrected chi connectivity index (χ3v) is 7.39. The molecule has 2 unspecified atom stereocenters. The number of rotatable bonds is 14. The fourth-order valence-corrected chi connectivity index (χ4v) is 4.94. The maximum atomic E-state index is 6.62. The molecule has 0 amide bonds. The number of hydrogen-bond acceptors (Lipinski definition) is 2. The van der Waals surface area contributed by atoms with E-state index in [0.717, 1.165) is 63.6 Å². The summed E-state index contributed by atoms with van der Waals surface area (Å²) in [6.45, 7) is 10.6. The van der Waals surface area contributed by atoms with Gasteiger partial charge in [0.15, 0.2) is 0 Å². The number of halogens is 1. The lowest BCUT2D eigenvalue weighted by molar-refractivity contribution is 0.234. The molecule has 0 N–H and O–H groups in total. The molecule has 0 fully saturated rings. The second-order valence-corrected chi connectivity index (χ2v) is 10.3. The summed E-state index contributed by atoms with van der Waals surface area (Å²) >= 11 is 3.69. The Morgan fingerprint density at radius 2 is 1.15 bits per heavy atom. The van der Waals surface area contributed by atoms with Crippen LogP contribution in [0.15, 0.2) is 46.9 Å². The van der Waals surface area contributed by atoms with E-state index in [1.54, 1.807) is 0 Å². The molecule has 0 heterocycles. The van der Waals surface area contributed by atoms with Crippen molar-refractivity contribution < 1.29 is 9.47 Å². The van der Waals surface area contributed by atoms with Gasteiger partial charge in [-0.2, -0.15) is 0 Å². The SMILES string of the molecule is CCCCC(CC)COc1c2ccccc2c(OCC(CC)CCCC)c2cc(Br)ccc12. The van der Waals surface area contributed by atoms with Gasteiger partial charge in [-0.15, -0.1) is 0 Å². The maximum absolute atomic E-state index is 6.62. The van der Waals surface area contributed by atoms with Crippen LogP contribution in [0.5, 0.6) is 11.5 Å². The number of benzene rings is 3. The van der Waals surface area contributed by atoms with Crippen molar-refractivity contribution in [3.8, 4) is 11.5 Å². The first kappa shape index (κ1) is 25.9. The van der Waals surface area contributed by atoms with Crippen molar-refractivity contribution in [2.24, 2.45) is 11.8 Å². The molecule has 3 heteroatoms. The van der Waals surface area contributed by atoms with Crippen molar-refractivity contribution in [1.29, 1.82) is 0 Å². The van der Waals surface area contributed by atoms with Crippen LogP contribution in [-0.4, -0.2) is 13.2 Å². The highest BCUT2D eigenvalue weighted by Gasteiger charge is 2.19. The van der Waals surface area contributed by atoms with E-state index in [0.29, 0.717) is 11.8 Å². The molecule has 3 aromatic rings. The van der Waals surface area contributed by atoms with Gasteiger partial charge in [-0.1, -0.05) is 106 Å². The van der Waals surface area contributed by atoms with Crippen molar-refractivity contribution in [2.75, 3.05) is 13.2 Å². The maximum Gasteiger partial charge on any atom is 0.135 e. The number of ether oxygens (including phenoxy) is 2. The minimum atomic E-state index is 0.589. The summed E-state index contributed by atoms with van der Waals surface area (Å²) < 4.78 is 14.3. The van der Waals surface area contributed by atoms with Crippen LogP contribution in [0.3, 0.4) is 0 Å². The van der Waals surface area contributed by atoms with Crippen molar-refractivity contribution >= 4 is 37.5 Å². The summed E-state index contributed by atoms with van der Waals surface area (Å²) in [6, 6.07) is 15.0. The fourth-order valence-electron chi connectivity index (χ4n) is 4.58. The van der Waals surface area contributed by atoms with Crippen LogP contribution in [0.4, 0.5) is 0 Å². The van der Waals surface area contributed by atoms with Gasteiger partial charge in [-0.3, -0.25) is 0 Å². The van der Waals surface area contributed by atoms with Crippen LogP contribution < -0.4 is 9.47 Å². The third kappa shape index (κ3) is 6.66. The zero-order valence-electron chi connectivity index (χ0n) is 21.0. The molecular formula is C30H41BrO2. The Morgan fingerprint density at radius 3 is 1.64 bits per heavy atom. The molecule has 0 aliphatic rings. The van der Waals surface area contributed by atoms with Crippen LogP contribution in [0.2, 0.25) is 0 Å². The normalized spacial score (nSPS) is 13.4. The summed E-state index contributed by atoms with van der Waals surface area (Å²) in [5.74, 6) is 3.16. The Balaban J connectivity index is 2.02. The molecule has 0 radical (unpaired) electrons. The largest absolute Gasteiger partial charge is 0.492 e. The average molecular weight is 514 g/mol. The van der Waals surface area contributed by atoms with E-state index in [9.17, 15) is 0 Å². The van der Waals surface area contributed by atoms with Crippen molar-refractivity contribution in [1.82, 2.24) is 0 Å². The van der Waals surface area contributed by atoms with E-state index in [1.807, 2.05) is 0 Å². The molecule has 2 atom stereocenters. The first-order valence-corrected chi connectivity index (χ1v) is 13.8. The highest BCUT2D eigenvalue weighted by atomic mass is 79.9. The molecule has 2 nitrogen and oxygen atoms in total. The minimum Gasteiger partial charge on any atom is -0.492 e. The monoisotopic (exact) mass is 512 g/mol. The van der Waals surface area contributed by atoms with E-state index >= 15 is 0 Å². The summed E-state index contributed by atoms with van der Waals surface area (Å²) in [6.07, 6.45) is 9.75. The van der Waals surface area contributed by atoms with Gasteiger partial charge in [0.1, 0.15) is 11.5 Å². The zero-order chi connectivity index (χ0) is 23.6. The molecule has 0 bridgehead atoms. The van der Waals surface area contributed by atoms with Crippen LogP contribution >= 0.6 is 15.9 Å². The summed E-state index contributed by atoms with van der Waals surface area (Å²) in [4.78, 5) is 0. The first-order valence-electron chi connectivity index (χ1n) is 13.0. The quantitative estimate of drug-likeness (QED) is 0.200. The molecule has 0 saturated heterocycles. The van der Waals surface area contributed by atoms with E-state index in [2.05, 4.69) is 86.1 Å². The van der Waals surface area contributed by atoms with E-state index in [-0.39, 0.29) is 0 Å². The second-order valence-electron chi connectivity index (χ2n) is 9.35. The fraction of sp³-hybridized carbons (Fsp3) is 0.533. The number of unbranched alkanes of at least 4 members (excludes halogenated alkanes) is 2. The molecular weight excluding hydrogens is 472 g/mol. The third-order valence-electron chi connectivity index (χ3n) is 6.90. The van der Waals surface area contributed by atoms with Crippen LogP contribution in [0, 0.1) is 11.8 Å². The summed E-state index contributed by atoms with van der Waals surface area (Å²) in [5, 5.41) is 4.56. The Morgan fingerprint density at radius 1 is 0.667 bits per heavy atom. The molecule has 33 heavy (non-hydrogen) atoms. The van der Waals surface area contributed by atoms with E-state index in [4.69, 9.17) is 9.47 Å². The lowest BCUT2D eigenvalue weighted by Crippen LogP contribution is -2.13. The van der Waals surface area contributed by atoms with E-state index < -0.39 is 0 Å². The van der Waals surface area contributed by atoms with Gasteiger partial charge in [0, 0.05) is 26.0 Å². The van der Waals surface area contributed by atoms with Crippen LogP contribution in [-0.2, 0) is 0 Å². The lowest BCUT2D eigenvalue weighted by atomic mass is 9.98. The van der Waals surface area contributed by atoms with Gasteiger partial charge in [0.25, 0.3) is 0 Å². The molecule has 3 rings (SSSR count). The predicted octanol–water partition coefficient (Wildman–Crippen LogP) is 9.95. The smallest absolute Gasteiger partial charge is 0.135 e. The Hall–Kier alpha value is -1.74. The van der Waals surface area contributed by atoms with Crippen molar-refractivity contribution in [3.05, 3.63) is 46.9 Å². The molecule has 0 aliphatic carbocycles. The molecule has 0 aromatic heterocycles. The highest BCUT2D eigenvalue weighted by Crippen LogP contribution is 2.44. The summed E-state index contributed by atoms with van der Waals surface area (Å²) in [5.41, 5.74) is 0. The van der Waals surface area contributed by atoms with Crippen molar-refractivity contribution in [2.45, 2.75) is 79.1 Å². The Kier molecular flexibility index (Phi) is 10.4. The highest BCUT2D eigenvalue weighted by molar-refractivity contribution is 9.10. The van der Waals surface area contributed by atoms with E-state index in [1.165, 1.54) is 38.5 Å². The molecule has 180 valence electrons. The van der Waals surface area contributed by atoms with Crippen LogP contribution in [0.25, 0.3) is 21.5 Å². The van der Waals surface area contributed by atoms with Gasteiger partial charge in [-0.05, 0) is 42.9 Å². The average Bonchev–Trinajstić information content (AvgIpc) is 2.84. The lowest BCUT2D eigenvalue weighted by Gasteiger charge is -2.22. The van der Waals surface area contributed by atoms with Gasteiger partial charge < -0.3 is 9.47 Å². The molecule has 0 aliphatic heterocycles. The van der Waals surface area contributed by atoms with Gasteiger partial charge in [-0.25, -0.2) is 0 Å². The zero-order valence-corrected chi connectivity index (χ0v) is 22.5. The minimum absolute atomic E-state index is 0.589. The second kappa shape index (κ2) is 13.2.